The van der Waals surface area contributed by atoms with Crippen LogP contribution in [0.2, 0.25) is 5.02 Å². The molecule has 0 fully saturated rings. The number of nitrogens with one attached hydrogen (secondary N) is 1. The van der Waals surface area contributed by atoms with E-state index in [2.05, 4.69) is 5.10 Å². The summed E-state index contributed by atoms with van der Waals surface area (Å²) in [7, 11) is 0. The third-order valence-electron chi connectivity index (χ3n) is 2.90. The number of nitrogen functional groups attached to an aromatic ring is 1. The van der Waals surface area contributed by atoms with Crippen molar-refractivity contribution in [2.24, 2.45) is 0 Å². The van der Waals surface area contributed by atoms with E-state index >= 15 is 0 Å². The lowest BCUT2D eigenvalue weighted by Gasteiger charge is -2.11. The Balaban J connectivity index is 2.40. The lowest BCUT2D eigenvalue weighted by atomic mass is 10.1. The summed E-state index contributed by atoms with van der Waals surface area (Å²) in [6.45, 7) is 1.49. The molecule has 0 bridgehead atoms. The SMILES string of the molecule is Cc1c(N)[nH]n(Cc2ccc(Cl)c(C(F)(F)F)c2)c1=O. The molecule has 0 aliphatic carbocycles. The number of hydrogen-bond acceptors (Lipinski definition) is 2. The van der Waals surface area contributed by atoms with Crippen LogP contribution < -0.4 is 11.3 Å². The van der Waals surface area contributed by atoms with Crippen LogP contribution in [0.4, 0.5) is 19.0 Å². The quantitative estimate of drug-likeness (QED) is 0.896. The van der Waals surface area contributed by atoms with Crippen LogP contribution >= 0.6 is 11.6 Å². The molecule has 4 nitrogen and oxygen atoms in total. The molecule has 3 N–H and O–H groups in total. The van der Waals surface area contributed by atoms with E-state index in [9.17, 15) is 18.0 Å². The number of hydrogen-bond donors (Lipinski definition) is 2. The van der Waals surface area contributed by atoms with Crippen molar-refractivity contribution in [1.82, 2.24) is 9.78 Å². The monoisotopic (exact) mass is 305 g/mol. The lowest BCUT2D eigenvalue weighted by molar-refractivity contribution is -0.137. The van der Waals surface area contributed by atoms with Crippen LogP contribution in [0.25, 0.3) is 0 Å². The van der Waals surface area contributed by atoms with Gasteiger partial charge < -0.3 is 5.73 Å². The average Bonchev–Trinajstić information content (AvgIpc) is 2.58. The summed E-state index contributed by atoms with van der Waals surface area (Å²) in [5.41, 5.74) is 4.87. The van der Waals surface area contributed by atoms with Crippen molar-refractivity contribution in [1.29, 1.82) is 0 Å². The Kier molecular flexibility index (Phi) is 3.56. The topological polar surface area (TPSA) is 63.8 Å². The van der Waals surface area contributed by atoms with E-state index in [1.165, 1.54) is 13.0 Å². The highest BCUT2D eigenvalue weighted by Crippen LogP contribution is 2.35. The molecule has 0 atom stereocenters. The van der Waals surface area contributed by atoms with Crippen molar-refractivity contribution in [3.8, 4) is 0 Å². The summed E-state index contributed by atoms with van der Waals surface area (Å²) < 4.78 is 39.3. The Morgan fingerprint density at radius 1 is 1.40 bits per heavy atom. The zero-order valence-electron chi connectivity index (χ0n) is 10.4. The van der Waals surface area contributed by atoms with Gasteiger partial charge in [-0.3, -0.25) is 9.89 Å². The second-order valence-electron chi connectivity index (χ2n) is 4.35. The van der Waals surface area contributed by atoms with E-state index in [1.807, 2.05) is 0 Å². The fourth-order valence-electron chi connectivity index (χ4n) is 1.78. The minimum absolute atomic E-state index is 0.0445. The van der Waals surface area contributed by atoms with Crippen LogP contribution in [0.1, 0.15) is 16.7 Å². The second-order valence-corrected chi connectivity index (χ2v) is 4.76. The van der Waals surface area contributed by atoms with Gasteiger partial charge in [0.05, 0.1) is 22.7 Å². The summed E-state index contributed by atoms with van der Waals surface area (Å²) >= 11 is 5.53. The summed E-state index contributed by atoms with van der Waals surface area (Å²) in [5.74, 6) is 0.194. The van der Waals surface area contributed by atoms with Gasteiger partial charge in [-0.1, -0.05) is 17.7 Å². The molecule has 0 unspecified atom stereocenters. The summed E-state index contributed by atoms with van der Waals surface area (Å²) in [6.07, 6.45) is -4.54. The van der Waals surface area contributed by atoms with Crippen LogP contribution in [-0.2, 0) is 12.7 Å². The molecule has 0 saturated heterocycles. The predicted octanol–water partition coefficient (Wildman–Crippen LogP) is 2.79. The number of H-pyrrole nitrogens is 1. The third kappa shape index (κ3) is 2.67. The van der Waals surface area contributed by atoms with E-state index in [1.54, 1.807) is 0 Å². The van der Waals surface area contributed by atoms with Gasteiger partial charge >= 0.3 is 6.18 Å². The molecule has 1 aromatic carbocycles. The molecule has 1 aromatic heterocycles. The molecule has 20 heavy (non-hydrogen) atoms. The Bertz CT molecular complexity index is 703. The van der Waals surface area contributed by atoms with Gasteiger partial charge in [0.25, 0.3) is 5.56 Å². The first-order valence-electron chi connectivity index (χ1n) is 5.60. The van der Waals surface area contributed by atoms with E-state index < -0.39 is 11.7 Å². The number of nitrogens with two attached hydrogens (primary N) is 1. The summed E-state index contributed by atoms with van der Waals surface area (Å²) in [4.78, 5) is 11.7. The van der Waals surface area contributed by atoms with Gasteiger partial charge in [-0.2, -0.15) is 13.2 Å². The molecule has 0 aliphatic heterocycles. The zero-order chi connectivity index (χ0) is 15.1. The third-order valence-corrected chi connectivity index (χ3v) is 3.23. The lowest BCUT2D eigenvalue weighted by Crippen LogP contribution is -2.19. The number of halogens is 4. The maximum absolute atomic E-state index is 12.7. The Morgan fingerprint density at radius 3 is 2.55 bits per heavy atom. The highest BCUT2D eigenvalue weighted by molar-refractivity contribution is 6.31. The largest absolute Gasteiger partial charge is 0.417 e. The molecule has 1 heterocycles. The van der Waals surface area contributed by atoms with Crippen molar-refractivity contribution < 1.29 is 13.2 Å². The van der Waals surface area contributed by atoms with Crippen molar-refractivity contribution in [3.05, 3.63) is 50.3 Å². The molecular formula is C12H11ClF3N3O. The standard InChI is InChI=1S/C12H11ClF3N3O/c1-6-10(17)18-19(11(6)20)5-7-2-3-9(13)8(4-7)12(14,15)16/h2-4,18H,5,17H2,1H3. The normalized spacial score (nSPS) is 11.8. The first-order chi connectivity index (χ1) is 9.20. The number of aromatic amines is 1. The highest BCUT2D eigenvalue weighted by Gasteiger charge is 2.33. The van der Waals surface area contributed by atoms with Crippen LogP contribution in [0, 0.1) is 6.92 Å². The minimum Gasteiger partial charge on any atom is -0.384 e. The Morgan fingerprint density at radius 2 is 2.05 bits per heavy atom. The van der Waals surface area contributed by atoms with Crippen LogP contribution in [0.15, 0.2) is 23.0 Å². The smallest absolute Gasteiger partial charge is 0.384 e. The van der Waals surface area contributed by atoms with Gasteiger partial charge in [-0.25, -0.2) is 4.68 Å². The molecule has 108 valence electrons. The molecular weight excluding hydrogens is 295 g/mol. The van der Waals surface area contributed by atoms with Crippen molar-refractivity contribution in [2.75, 3.05) is 5.73 Å². The predicted molar refractivity (Wildman–Crippen MR) is 69.8 cm³/mol. The van der Waals surface area contributed by atoms with Gasteiger partial charge in [0.2, 0.25) is 0 Å². The number of aromatic nitrogens is 2. The van der Waals surface area contributed by atoms with Gasteiger partial charge in [-0.05, 0) is 24.6 Å². The average molecular weight is 306 g/mol. The van der Waals surface area contributed by atoms with Crippen molar-refractivity contribution in [2.45, 2.75) is 19.6 Å². The fourth-order valence-corrected chi connectivity index (χ4v) is 2.00. The van der Waals surface area contributed by atoms with Crippen molar-refractivity contribution in [3.63, 3.8) is 0 Å². The molecule has 8 heteroatoms. The van der Waals surface area contributed by atoms with Crippen LogP contribution in [0.5, 0.6) is 0 Å². The van der Waals surface area contributed by atoms with E-state index in [0.29, 0.717) is 11.1 Å². The highest BCUT2D eigenvalue weighted by atomic mass is 35.5. The Hall–Kier alpha value is -1.89. The van der Waals surface area contributed by atoms with Crippen LogP contribution in [0.3, 0.4) is 0 Å². The second kappa shape index (κ2) is 4.90. The van der Waals surface area contributed by atoms with Crippen molar-refractivity contribution >= 4 is 17.4 Å². The van der Waals surface area contributed by atoms with E-state index in [-0.39, 0.29) is 22.9 Å². The molecule has 0 radical (unpaired) electrons. The van der Waals surface area contributed by atoms with Crippen LogP contribution in [-0.4, -0.2) is 9.78 Å². The summed E-state index contributed by atoms with van der Waals surface area (Å²) in [5, 5.41) is 2.22. The maximum atomic E-state index is 12.7. The molecule has 2 rings (SSSR count). The molecule has 0 saturated carbocycles. The summed E-state index contributed by atoms with van der Waals surface area (Å²) in [6, 6.07) is 3.50. The number of rotatable bonds is 2. The maximum Gasteiger partial charge on any atom is 0.417 e. The number of benzene rings is 1. The number of nitrogens with zero attached hydrogens (tertiary/aromatic N) is 1. The molecule has 0 aliphatic rings. The number of alkyl halides is 3. The minimum atomic E-state index is -4.54. The Labute approximate surface area is 116 Å². The molecule has 2 aromatic rings. The van der Waals surface area contributed by atoms with Gasteiger partial charge in [-0.15, -0.1) is 0 Å². The number of anilines is 1. The van der Waals surface area contributed by atoms with Gasteiger partial charge in [0, 0.05) is 0 Å². The first kappa shape index (κ1) is 14.5. The van der Waals surface area contributed by atoms with Gasteiger partial charge in [0.1, 0.15) is 5.82 Å². The molecule has 0 amide bonds. The van der Waals surface area contributed by atoms with E-state index in [4.69, 9.17) is 17.3 Å². The zero-order valence-corrected chi connectivity index (χ0v) is 11.1. The van der Waals surface area contributed by atoms with Gasteiger partial charge in [0.15, 0.2) is 0 Å². The van der Waals surface area contributed by atoms with E-state index in [0.717, 1.165) is 16.8 Å². The first-order valence-corrected chi connectivity index (χ1v) is 5.98. The fraction of sp³-hybridized carbons (Fsp3) is 0.250. The molecule has 0 spiro atoms.